The predicted octanol–water partition coefficient (Wildman–Crippen LogP) is 15.7. The molecule has 0 radical (unpaired) electrons. The molecular weight excluding hydrogens is 767 g/mol. The Bertz CT molecular complexity index is 1910. The van der Waals surface area contributed by atoms with Gasteiger partial charge in [-0.3, -0.25) is 0 Å². The topological polar surface area (TPSA) is 0 Å². The zero-order valence-corrected chi connectivity index (χ0v) is 38.9. The van der Waals surface area contributed by atoms with Crippen molar-refractivity contribution in [2.75, 3.05) is 0 Å². The molecule has 0 saturated heterocycles. The van der Waals surface area contributed by atoms with Gasteiger partial charge in [-0.15, -0.1) is 0 Å². The van der Waals surface area contributed by atoms with Crippen molar-refractivity contribution in [3.05, 3.63) is 129 Å². The van der Waals surface area contributed by atoms with Crippen molar-refractivity contribution in [3.63, 3.8) is 0 Å². The number of halogens is 2. The van der Waals surface area contributed by atoms with Crippen LogP contribution in [0.5, 0.6) is 0 Å². The van der Waals surface area contributed by atoms with Crippen LogP contribution in [0.2, 0.25) is 13.1 Å². The van der Waals surface area contributed by atoms with Gasteiger partial charge in [0.1, 0.15) is 0 Å². The first-order chi connectivity index (χ1) is 24.4. The number of hydrogen-bond donors (Lipinski definition) is 0. The van der Waals surface area contributed by atoms with Crippen LogP contribution in [0, 0.1) is 10.8 Å². The molecule has 0 fully saturated rings. The Morgan fingerprint density at radius 1 is 0.558 bits per heavy atom. The Hall–Kier alpha value is -1.96. The van der Waals surface area contributed by atoms with Gasteiger partial charge in [-0.1, -0.05) is 0 Å². The minimum absolute atomic E-state index is 0.0277. The van der Waals surface area contributed by atoms with Gasteiger partial charge in [-0.25, -0.2) is 0 Å². The summed E-state index contributed by atoms with van der Waals surface area (Å²) in [4.78, 5) is 0. The Kier molecular flexibility index (Phi) is 10.9. The molecule has 0 aliphatic heterocycles. The van der Waals surface area contributed by atoms with Crippen LogP contribution in [0.1, 0.15) is 135 Å². The maximum absolute atomic E-state index is 8.96. The summed E-state index contributed by atoms with van der Waals surface area (Å²) in [6, 6.07) is 32.1. The molecule has 4 aromatic rings. The zero-order chi connectivity index (χ0) is 38.0. The summed E-state index contributed by atoms with van der Waals surface area (Å²) in [6.45, 7) is 28.5. The average Bonchev–Trinajstić information content (AvgIpc) is 3.73. The normalized spacial score (nSPS) is 19.4. The van der Waals surface area contributed by atoms with Gasteiger partial charge in [0, 0.05) is 0 Å². The Balaban J connectivity index is 1.66. The SMILES string of the molecule is CCC(C)c1ccccc1-c1cccc2c1C=C(C(C)(C)C)[CH]2[Zr]([Cl])([Cl])([CH]1C(C(C)(C)C)=Cc2c(-c3ccccc3C(C)CC)cccc21)[SiH](C)C. The third kappa shape index (κ3) is 6.48. The number of allylic oxidation sites excluding steroid dienone is 2. The quantitative estimate of drug-likeness (QED) is 0.147. The van der Waals surface area contributed by atoms with Gasteiger partial charge in [0.25, 0.3) is 0 Å². The molecule has 4 aromatic carbocycles. The van der Waals surface area contributed by atoms with E-state index in [9.17, 15) is 0 Å². The van der Waals surface area contributed by atoms with Crippen molar-refractivity contribution in [1.29, 1.82) is 0 Å². The Morgan fingerprint density at radius 2 is 0.904 bits per heavy atom. The Labute approximate surface area is 324 Å². The van der Waals surface area contributed by atoms with Crippen LogP contribution in [-0.2, 0) is 15.6 Å². The zero-order valence-electron chi connectivity index (χ0n) is 33.8. The first-order valence-corrected chi connectivity index (χ1v) is 36.1. The molecule has 2 aliphatic rings. The van der Waals surface area contributed by atoms with Crippen LogP contribution >= 0.6 is 17.0 Å². The van der Waals surface area contributed by atoms with Crippen LogP contribution < -0.4 is 0 Å². The van der Waals surface area contributed by atoms with Gasteiger partial charge < -0.3 is 0 Å². The molecule has 52 heavy (non-hydrogen) atoms. The first kappa shape index (κ1) is 39.7. The monoisotopic (exact) mass is 825 g/mol. The van der Waals surface area contributed by atoms with E-state index in [0.717, 1.165) is 12.8 Å². The molecule has 4 atom stereocenters. The molecule has 4 unspecified atom stereocenters. The Morgan fingerprint density at radius 3 is 1.23 bits per heavy atom. The second-order valence-corrected chi connectivity index (χ2v) is 60.9. The summed E-state index contributed by atoms with van der Waals surface area (Å²) in [5, 5.41) is 0. The summed E-state index contributed by atoms with van der Waals surface area (Å²) < 4.78 is 0.0554. The van der Waals surface area contributed by atoms with Crippen LogP contribution in [0.4, 0.5) is 0 Å². The number of benzene rings is 4. The van der Waals surface area contributed by atoms with Gasteiger partial charge in [0.2, 0.25) is 0 Å². The van der Waals surface area contributed by atoms with Crippen molar-refractivity contribution in [2.24, 2.45) is 10.8 Å². The van der Waals surface area contributed by atoms with Crippen molar-refractivity contribution in [2.45, 2.75) is 114 Å². The van der Waals surface area contributed by atoms with E-state index in [4.69, 9.17) is 17.0 Å². The fourth-order valence-electron chi connectivity index (χ4n) is 9.38. The molecule has 0 amide bonds. The third-order valence-electron chi connectivity index (χ3n) is 12.9. The fourth-order valence-corrected chi connectivity index (χ4v) is 40.8. The van der Waals surface area contributed by atoms with Crippen molar-refractivity contribution in [1.82, 2.24) is 0 Å². The van der Waals surface area contributed by atoms with Gasteiger partial charge in [-0.2, -0.15) is 0 Å². The molecule has 0 spiro atoms. The third-order valence-corrected chi connectivity index (χ3v) is 64.4. The fraction of sp³-hybridized carbons (Fsp3) is 0.417. The van der Waals surface area contributed by atoms with E-state index in [1.165, 1.54) is 66.8 Å². The molecule has 0 N–H and O–H groups in total. The molecule has 0 saturated carbocycles. The van der Waals surface area contributed by atoms with E-state index in [-0.39, 0.29) is 18.1 Å². The van der Waals surface area contributed by atoms with Gasteiger partial charge in [-0.05, 0) is 0 Å². The summed E-state index contributed by atoms with van der Waals surface area (Å²) in [6.07, 6.45) is 7.28. The standard InChI is InChI=1S/2C23H27.C2H7Si.2ClH.Zr/c2*1-6-16(2)19-11-7-8-12-20(19)21-13-9-10-17-14-18(15-22(17)21)23(3,4)5;1-3-2;;;/h2*7-16H,6H2,1-5H3;3H,1-2H3;2*1H;/q;;;;;+2/p-2. The minimum atomic E-state index is -5.06. The number of fused-ring (bicyclic) bond motifs is 2. The van der Waals surface area contributed by atoms with Crippen molar-refractivity contribution < 1.29 is 15.6 Å². The second kappa shape index (κ2) is 14.3. The summed E-state index contributed by atoms with van der Waals surface area (Å²) >= 11 is -5.06. The van der Waals surface area contributed by atoms with Gasteiger partial charge in [0.05, 0.1) is 0 Å². The molecule has 6 rings (SSSR count). The van der Waals surface area contributed by atoms with Gasteiger partial charge >= 0.3 is 327 Å². The summed E-state index contributed by atoms with van der Waals surface area (Å²) in [5.41, 5.74) is 16.2. The van der Waals surface area contributed by atoms with E-state index < -0.39 is 21.5 Å². The molecule has 275 valence electrons. The van der Waals surface area contributed by atoms with Gasteiger partial charge in [0.15, 0.2) is 0 Å². The number of rotatable bonds is 9. The van der Waals surface area contributed by atoms with Crippen molar-refractivity contribution in [3.8, 4) is 22.3 Å². The molecule has 0 heterocycles. The van der Waals surface area contributed by atoms with Crippen LogP contribution in [0.3, 0.4) is 0 Å². The molecule has 0 nitrogen and oxygen atoms in total. The maximum atomic E-state index is 8.96. The van der Waals surface area contributed by atoms with E-state index in [1.807, 2.05) is 0 Å². The van der Waals surface area contributed by atoms with E-state index in [1.54, 1.807) is 0 Å². The average molecular weight is 828 g/mol. The molecular formula is C48H61Cl2SiZr. The molecule has 0 aromatic heterocycles. The molecule has 2 aliphatic carbocycles. The number of hydrogen-bond acceptors (Lipinski definition) is 0. The molecule has 4 heteroatoms. The van der Waals surface area contributed by atoms with Crippen molar-refractivity contribution >= 4 is 35.1 Å². The van der Waals surface area contributed by atoms with E-state index in [2.05, 4.69) is 179 Å². The van der Waals surface area contributed by atoms with Crippen LogP contribution in [0.25, 0.3) is 34.4 Å². The van der Waals surface area contributed by atoms with E-state index >= 15 is 0 Å². The van der Waals surface area contributed by atoms with E-state index in [0.29, 0.717) is 11.8 Å². The van der Waals surface area contributed by atoms with Crippen LogP contribution in [0.15, 0.2) is 96.1 Å². The second-order valence-electron chi connectivity index (χ2n) is 18.4. The first-order valence-electron chi connectivity index (χ1n) is 19.8. The summed E-state index contributed by atoms with van der Waals surface area (Å²) in [7, 11) is 17.9. The predicted molar refractivity (Wildman–Crippen MR) is 232 cm³/mol. The summed E-state index contributed by atoms with van der Waals surface area (Å²) in [5.74, 6) is -0.801. The molecule has 0 bridgehead atoms. The van der Waals surface area contributed by atoms with Crippen LogP contribution in [-0.4, -0.2) is 5.92 Å².